The lowest BCUT2D eigenvalue weighted by Crippen LogP contribution is -2.79. The maximum absolute atomic E-state index is 15.1. The minimum Gasteiger partial charge on any atom is -0.467 e. The summed E-state index contributed by atoms with van der Waals surface area (Å²) in [5.74, 6) is -1.60. The molecule has 6 heterocycles. The Morgan fingerprint density at radius 1 is 1.04 bits per heavy atom. The van der Waals surface area contributed by atoms with E-state index in [1.165, 1.54) is 19.6 Å². The molecule has 2 aromatic rings. The predicted octanol–water partition coefficient (Wildman–Crippen LogP) is 4.81. The highest BCUT2D eigenvalue weighted by Crippen LogP contribution is 2.70. The zero-order valence-electron chi connectivity index (χ0n) is 33.8. The Hall–Kier alpha value is -4.03. The van der Waals surface area contributed by atoms with Crippen molar-refractivity contribution >= 4 is 28.6 Å². The quantitative estimate of drug-likeness (QED) is 0.300. The number of ketones is 1. The van der Waals surface area contributed by atoms with Crippen LogP contribution >= 0.6 is 0 Å². The molecule has 5 aliphatic heterocycles. The number of para-hydroxylation sites is 1. The van der Waals surface area contributed by atoms with Crippen LogP contribution in [0.5, 0.6) is 0 Å². The van der Waals surface area contributed by atoms with E-state index in [0.29, 0.717) is 25.8 Å². The van der Waals surface area contributed by atoms with Gasteiger partial charge in [0.05, 0.1) is 24.7 Å². The number of H-pyrrole nitrogens is 1. The van der Waals surface area contributed by atoms with Crippen LogP contribution in [-0.4, -0.2) is 120 Å². The molecule has 2 bridgehead atoms. The number of benzene rings is 1. The number of methoxy groups -OCH3 is 2. The number of fused-ring (bicyclic) bond motifs is 6. The van der Waals surface area contributed by atoms with Gasteiger partial charge in [-0.3, -0.25) is 19.4 Å². The average Bonchev–Trinajstić information content (AvgIpc) is 3.84. The smallest absolute Gasteiger partial charge is 0.344 e. The van der Waals surface area contributed by atoms with Crippen LogP contribution in [0.15, 0.2) is 71.5 Å². The number of nitrogens with zero attached hydrogens (tertiary/aromatic N) is 3. The summed E-state index contributed by atoms with van der Waals surface area (Å²) >= 11 is 0. The molecule has 1 aromatic carbocycles. The van der Waals surface area contributed by atoms with E-state index in [1.54, 1.807) is 14.0 Å². The summed E-state index contributed by atoms with van der Waals surface area (Å²) in [6, 6.07) is 7.33. The van der Waals surface area contributed by atoms with Crippen molar-refractivity contribution in [1.29, 1.82) is 0 Å². The fraction of sp³-hybridized carbons (Fsp3) is 0.578. The number of nitrogens with one attached hydrogen (secondary N) is 1. The maximum Gasteiger partial charge on any atom is 0.344 e. The van der Waals surface area contributed by atoms with Gasteiger partial charge in [-0.05, 0) is 68.3 Å². The van der Waals surface area contributed by atoms with E-state index < -0.39 is 58.0 Å². The van der Waals surface area contributed by atoms with E-state index in [9.17, 15) is 14.7 Å². The maximum atomic E-state index is 15.1. The van der Waals surface area contributed by atoms with Crippen LogP contribution in [-0.2, 0) is 40.6 Å². The van der Waals surface area contributed by atoms with E-state index in [-0.39, 0.29) is 17.7 Å². The van der Waals surface area contributed by atoms with Gasteiger partial charge in [-0.2, -0.15) is 0 Å². The molecule has 1 saturated carbocycles. The number of ether oxygens (including phenoxy) is 3. The number of rotatable bonds is 7. The summed E-state index contributed by atoms with van der Waals surface area (Å²) < 4.78 is 18.1. The molecule has 5 unspecified atom stereocenters. The van der Waals surface area contributed by atoms with Crippen molar-refractivity contribution in [3.63, 3.8) is 0 Å². The van der Waals surface area contributed by atoms with Crippen LogP contribution in [0.1, 0.15) is 64.6 Å². The first-order chi connectivity index (χ1) is 26.8. The number of aromatic nitrogens is 1. The van der Waals surface area contributed by atoms with Crippen molar-refractivity contribution in [2.75, 3.05) is 47.4 Å². The Balaban J connectivity index is 1.32. The number of hydrogen-bond acceptors (Lipinski definition) is 10. The largest absolute Gasteiger partial charge is 0.467 e. The van der Waals surface area contributed by atoms with E-state index in [2.05, 4.69) is 70.3 Å². The number of aliphatic hydroxyl groups is 1. The number of likely N-dealkylation sites (tertiary alicyclic amines) is 1. The minimum absolute atomic E-state index is 0.0816. The van der Waals surface area contributed by atoms with Crippen LogP contribution in [0.2, 0.25) is 0 Å². The van der Waals surface area contributed by atoms with E-state index in [0.717, 1.165) is 66.0 Å². The zero-order valence-corrected chi connectivity index (χ0v) is 33.8. The molecular weight excluding hydrogens is 709 g/mol. The van der Waals surface area contributed by atoms with Crippen molar-refractivity contribution < 1.29 is 33.7 Å². The van der Waals surface area contributed by atoms with Crippen LogP contribution in [0.25, 0.3) is 10.9 Å². The SMILES string of the molecule is CCC1=CC2CN(C1)Cc1c([nH]c3ccccc13)[C@@](C(C)=O)([C@@H]1C=C3C(=CC1OC)N(C)[C@H]1[C@@](O)(C(=O)OC)[C@H](OC(C)=O)C4(CC)C=CCN5CC[C@]31C54)C2. The van der Waals surface area contributed by atoms with Crippen LogP contribution in [0, 0.1) is 22.7 Å². The molecule has 0 amide bonds. The summed E-state index contributed by atoms with van der Waals surface area (Å²) in [5, 5.41) is 14.4. The predicted molar refractivity (Wildman–Crippen MR) is 211 cm³/mol. The molecule has 2 saturated heterocycles. The Morgan fingerprint density at radius 2 is 1.82 bits per heavy atom. The Kier molecular flexibility index (Phi) is 8.71. The van der Waals surface area contributed by atoms with Crippen LogP contribution in [0.3, 0.4) is 0 Å². The van der Waals surface area contributed by atoms with Crippen molar-refractivity contribution in [1.82, 2.24) is 19.7 Å². The van der Waals surface area contributed by atoms with Crippen LogP contribution in [0.4, 0.5) is 0 Å². The summed E-state index contributed by atoms with van der Waals surface area (Å²) in [7, 11) is 4.91. The number of aromatic amines is 1. The first-order valence-electron chi connectivity index (χ1n) is 20.5. The highest BCUT2D eigenvalue weighted by molar-refractivity contribution is 5.94. The minimum atomic E-state index is -2.23. The standard InChI is InChI=1S/C45H56N4O7/c1-8-28-19-29-22-44(26(3)50,37-31(25-48(23-28)24-29)30-13-10-11-14-34(30)46-37)33-20-32-35(21-36(33)54-6)47(5)39-43(32)16-18-49-17-12-15-42(9-2,38(43)49)40(56-27(4)51)45(39,53)41(52)55-7/h10-15,19-21,29,33,36,38-40,46,53H,8-9,16-18,22-25H2,1-7H3/t29?,33-,36?,38?,39-,40-,42?,43-,44+,45+/m1/s1. The van der Waals surface area contributed by atoms with E-state index in [1.807, 2.05) is 24.9 Å². The molecule has 298 valence electrons. The topological polar surface area (TPSA) is 125 Å². The molecule has 56 heavy (non-hydrogen) atoms. The lowest BCUT2D eigenvalue weighted by atomic mass is 9.47. The molecule has 3 fully saturated rings. The fourth-order valence-corrected chi connectivity index (χ4v) is 13.3. The molecule has 1 spiro atoms. The third kappa shape index (κ3) is 4.68. The number of Topliss-reactive ketones (excluding diaryl/α,β-unsaturated/α-hetero) is 1. The number of hydrogen-bond donors (Lipinski definition) is 2. The van der Waals surface area contributed by atoms with E-state index in [4.69, 9.17) is 14.2 Å². The summed E-state index contributed by atoms with van der Waals surface area (Å²) in [5.41, 5.74) is 1.46. The van der Waals surface area contributed by atoms with E-state index >= 15 is 4.79 Å². The van der Waals surface area contributed by atoms with Gasteiger partial charge in [0.15, 0.2) is 6.10 Å². The number of carbonyl (C=O) groups is 3. The van der Waals surface area contributed by atoms with Gasteiger partial charge < -0.3 is 29.2 Å². The monoisotopic (exact) mass is 764 g/mol. The van der Waals surface area contributed by atoms with Crippen LogP contribution < -0.4 is 0 Å². The van der Waals surface area contributed by atoms with Gasteiger partial charge in [0, 0.05) is 92.3 Å². The lowest BCUT2D eigenvalue weighted by molar-refractivity contribution is -0.243. The van der Waals surface area contributed by atoms with Crippen molar-refractivity contribution in [3.8, 4) is 0 Å². The normalized spacial score (nSPS) is 39.6. The second kappa shape index (κ2) is 13.0. The second-order valence-electron chi connectivity index (χ2n) is 17.6. The zero-order chi connectivity index (χ0) is 39.5. The van der Waals surface area contributed by atoms with Crippen molar-refractivity contribution in [3.05, 3.63) is 82.7 Å². The van der Waals surface area contributed by atoms with Gasteiger partial charge in [0.2, 0.25) is 5.60 Å². The molecule has 0 radical (unpaired) electrons. The molecule has 7 aliphatic rings. The second-order valence-corrected chi connectivity index (χ2v) is 17.6. The third-order valence-electron chi connectivity index (χ3n) is 15.3. The molecule has 11 atom stereocenters. The van der Waals surface area contributed by atoms with Gasteiger partial charge in [-0.15, -0.1) is 0 Å². The summed E-state index contributed by atoms with van der Waals surface area (Å²) in [4.78, 5) is 53.2. The van der Waals surface area contributed by atoms with Crippen molar-refractivity contribution in [2.24, 2.45) is 22.7 Å². The fourth-order valence-electron chi connectivity index (χ4n) is 13.3. The van der Waals surface area contributed by atoms with Crippen molar-refractivity contribution in [2.45, 2.75) is 95.2 Å². The highest BCUT2D eigenvalue weighted by atomic mass is 16.6. The van der Waals surface area contributed by atoms with Gasteiger partial charge in [-0.25, -0.2) is 4.79 Å². The molecular formula is C45H56N4O7. The van der Waals surface area contributed by atoms with Gasteiger partial charge in [0.25, 0.3) is 0 Å². The van der Waals surface area contributed by atoms with Gasteiger partial charge >= 0.3 is 11.9 Å². The van der Waals surface area contributed by atoms with Gasteiger partial charge in [0.1, 0.15) is 5.78 Å². The molecule has 1 aromatic heterocycles. The first kappa shape index (κ1) is 37.5. The number of esters is 2. The number of likely N-dealkylation sites (N-methyl/N-ethyl adjacent to an activating group) is 1. The lowest BCUT2D eigenvalue weighted by Gasteiger charge is -2.63. The Labute approximate surface area is 329 Å². The summed E-state index contributed by atoms with van der Waals surface area (Å²) in [6.07, 6.45) is 12.0. The Bertz CT molecular complexity index is 2140. The Morgan fingerprint density at radius 3 is 2.52 bits per heavy atom. The molecule has 11 nitrogen and oxygen atoms in total. The molecule has 2 aliphatic carbocycles. The molecule has 11 heteroatoms. The molecule has 2 N–H and O–H groups in total. The van der Waals surface area contributed by atoms with Gasteiger partial charge in [-0.1, -0.05) is 61.9 Å². The molecule has 9 rings (SSSR count). The summed E-state index contributed by atoms with van der Waals surface area (Å²) in [6.45, 7) is 11.3. The number of allylic oxidation sites excluding steroid dienone is 1. The first-order valence-corrected chi connectivity index (χ1v) is 20.5. The highest BCUT2D eigenvalue weighted by Gasteiger charge is 2.81. The number of carbonyl (C=O) groups excluding carboxylic acids is 3. The average molecular weight is 765 g/mol. The third-order valence-corrected chi connectivity index (χ3v) is 15.3.